The summed E-state index contributed by atoms with van der Waals surface area (Å²) in [7, 11) is 0. The highest BCUT2D eigenvalue weighted by Crippen LogP contribution is 2.43. The van der Waals surface area contributed by atoms with Gasteiger partial charge < -0.3 is 9.84 Å². The molecule has 1 aliphatic rings. The quantitative estimate of drug-likeness (QED) is 0.223. The van der Waals surface area contributed by atoms with Crippen LogP contribution in [0.3, 0.4) is 0 Å². The molecule has 1 N–H and O–H groups in total. The smallest absolute Gasteiger partial charge is 0.300 e. The first-order chi connectivity index (χ1) is 17.5. The second-order valence-corrected chi connectivity index (χ2v) is 10.7. The Bertz CT molecular complexity index is 1330. The van der Waals surface area contributed by atoms with Gasteiger partial charge in [-0.2, -0.15) is 0 Å². The summed E-state index contributed by atoms with van der Waals surface area (Å²) in [5.74, 6) is -0.665. The molecule has 0 aliphatic carbocycles. The molecule has 0 saturated carbocycles. The minimum atomic E-state index is -0.754. The first kappa shape index (κ1) is 26.2. The van der Waals surface area contributed by atoms with Crippen molar-refractivity contribution in [2.75, 3.05) is 11.5 Å². The number of benzene rings is 3. The van der Waals surface area contributed by atoms with Gasteiger partial charge in [0.15, 0.2) is 0 Å². The van der Waals surface area contributed by atoms with Crippen LogP contribution in [-0.2, 0) is 15.0 Å². The lowest BCUT2D eigenvalue weighted by atomic mass is 9.87. The van der Waals surface area contributed by atoms with Crippen LogP contribution in [0.5, 0.6) is 5.75 Å². The molecule has 0 bridgehead atoms. The Balaban J connectivity index is 1.89. The number of Topliss-reactive ketones (excluding diaryl/α,β-unsaturated/α-hetero) is 1. The zero-order chi connectivity index (χ0) is 26.9. The molecule has 0 radical (unpaired) electrons. The number of amides is 1. The lowest BCUT2D eigenvalue weighted by molar-refractivity contribution is -0.132. The average molecular weight is 498 g/mol. The van der Waals surface area contributed by atoms with Crippen molar-refractivity contribution in [3.63, 3.8) is 0 Å². The van der Waals surface area contributed by atoms with Gasteiger partial charge in [0.25, 0.3) is 11.7 Å². The summed E-state index contributed by atoms with van der Waals surface area (Å²) in [4.78, 5) is 28.4. The minimum Gasteiger partial charge on any atom is -0.507 e. The molecule has 192 valence electrons. The Hall–Kier alpha value is -3.86. The van der Waals surface area contributed by atoms with E-state index in [0.717, 1.165) is 22.4 Å². The average Bonchev–Trinajstić information content (AvgIpc) is 3.14. The van der Waals surface area contributed by atoms with E-state index in [4.69, 9.17) is 4.74 Å². The summed E-state index contributed by atoms with van der Waals surface area (Å²) in [5, 5.41) is 11.5. The number of carbonyl (C=O) groups excluding carboxylic acids is 2. The fourth-order valence-corrected chi connectivity index (χ4v) is 4.76. The van der Waals surface area contributed by atoms with Crippen LogP contribution in [0.1, 0.15) is 75.8 Å². The van der Waals surface area contributed by atoms with Crippen LogP contribution in [-0.4, -0.2) is 23.4 Å². The highest BCUT2D eigenvalue weighted by atomic mass is 16.5. The third kappa shape index (κ3) is 5.04. The topological polar surface area (TPSA) is 66.8 Å². The SMILES string of the molecule is CCOc1ccc(/C(O)=C2/C(=O)C(=O)N(c3ccc(C(C)(C)C)cc3)C2c2ccccc2)cc1C(C)C. The number of hydrogen-bond acceptors (Lipinski definition) is 4. The van der Waals surface area contributed by atoms with Gasteiger partial charge in [-0.1, -0.05) is 77.1 Å². The summed E-state index contributed by atoms with van der Waals surface area (Å²) < 4.78 is 5.77. The summed E-state index contributed by atoms with van der Waals surface area (Å²) >= 11 is 0. The van der Waals surface area contributed by atoms with Crippen molar-refractivity contribution in [3.05, 3.63) is 101 Å². The van der Waals surface area contributed by atoms with E-state index >= 15 is 0 Å². The van der Waals surface area contributed by atoms with Gasteiger partial charge in [0.1, 0.15) is 11.5 Å². The summed E-state index contributed by atoms with van der Waals surface area (Å²) in [6.07, 6.45) is 0. The Morgan fingerprint density at radius 2 is 1.62 bits per heavy atom. The van der Waals surface area contributed by atoms with Gasteiger partial charge in [-0.3, -0.25) is 14.5 Å². The molecule has 4 rings (SSSR count). The molecule has 5 nitrogen and oxygen atoms in total. The maximum absolute atomic E-state index is 13.5. The molecular formula is C32H35NO4. The maximum Gasteiger partial charge on any atom is 0.300 e. The molecule has 0 spiro atoms. The zero-order valence-corrected chi connectivity index (χ0v) is 22.4. The molecular weight excluding hydrogens is 462 g/mol. The Morgan fingerprint density at radius 1 is 0.973 bits per heavy atom. The highest BCUT2D eigenvalue weighted by Gasteiger charge is 2.47. The van der Waals surface area contributed by atoms with Crippen LogP contribution in [0.2, 0.25) is 0 Å². The molecule has 0 aromatic heterocycles. The number of rotatable bonds is 6. The predicted molar refractivity (Wildman–Crippen MR) is 148 cm³/mol. The molecule has 1 fully saturated rings. The monoisotopic (exact) mass is 497 g/mol. The van der Waals surface area contributed by atoms with E-state index in [2.05, 4.69) is 20.8 Å². The number of ether oxygens (including phenoxy) is 1. The van der Waals surface area contributed by atoms with Crippen molar-refractivity contribution in [3.8, 4) is 5.75 Å². The van der Waals surface area contributed by atoms with Crippen LogP contribution in [0.4, 0.5) is 5.69 Å². The molecule has 3 aromatic rings. The molecule has 1 amide bonds. The number of ketones is 1. The molecule has 1 saturated heterocycles. The number of carbonyl (C=O) groups is 2. The highest BCUT2D eigenvalue weighted by molar-refractivity contribution is 6.51. The standard InChI is InChI=1S/C32H35NO4/c1-7-37-26-18-13-22(19-25(26)20(2)3)29(34)27-28(21-11-9-8-10-12-21)33(31(36)30(27)35)24-16-14-23(15-17-24)32(4,5)6/h8-20,28,34H,7H2,1-6H3/b29-27-. The molecule has 1 heterocycles. The molecule has 1 aliphatic heterocycles. The molecule has 1 unspecified atom stereocenters. The van der Waals surface area contributed by atoms with Crippen LogP contribution in [0.15, 0.2) is 78.4 Å². The predicted octanol–water partition coefficient (Wildman–Crippen LogP) is 7.13. The molecule has 3 aromatic carbocycles. The molecule has 5 heteroatoms. The number of aliphatic hydroxyl groups excluding tert-OH is 1. The van der Waals surface area contributed by atoms with Gasteiger partial charge in [-0.15, -0.1) is 0 Å². The first-order valence-corrected chi connectivity index (χ1v) is 12.8. The second kappa shape index (κ2) is 10.3. The van der Waals surface area contributed by atoms with E-state index in [1.165, 1.54) is 4.90 Å². The largest absolute Gasteiger partial charge is 0.507 e. The molecule has 37 heavy (non-hydrogen) atoms. The van der Waals surface area contributed by atoms with E-state index < -0.39 is 17.7 Å². The first-order valence-electron chi connectivity index (χ1n) is 12.8. The summed E-state index contributed by atoms with van der Waals surface area (Å²) in [6.45, 7) is 12.9. The number of hydrogen-bond donors (Lipinski definition) is 1. The number of aliphatic hydroxyl groups is 1. The zero-order valence-electron chi connectivity index (χ0n) is 22.4. The number of anilines is 1. The summed E-state index contributed by atoms with van der Waals surface area (Å²) in [6, 6.07) is 21.7. The van der Waals surface area contributed by atoms with Crippen molar-refractivity contribution < 1.29 is 19.4 Å². The second-order valence-electron chi connectivity index (χ2n) is 10.7. The van der Waals surface area contributed by atoms with Crippen LogP contribution >= 0.6 is 0 Å². The van der Waals surface area contributed by atoms with Crippen molar-refractivity contribution in [2.24, 2.45) is 0 Å². The van der Waals surface area contributed by atoms with Gasteiger partial charge >= 0.3 is 0 Å². The third-order valence-electron chi connectivity index (χ3n) is 6.78. The van der Waals surface area contributed by atoms with Crippen LogP contribution in [0, 0.1) is 0 Å². The van der Waals surface area contributed by atoms with E-state index in [9.17, 15) is 14.7 Å². The number of nitrogens with zero attached hydrogens (tertiary/aromatic N) is 1. The van der Waals surface area contributed by atoms with Crippen molar-refractivity contribution in [1.29, 1.82) is 0 Å². The van der Waals surface area contributed by atoms with Gasteiger partial charge in [0, 0.05) is 11.3 Å². The lowest BCUT2D eigenvalue weighted by Crippen LogP contribution is -2.29. The van der Waals surface area contributed by atoms with Crippen molar-refractivity contribution in [2.45, 2.75) is 58.9 Å². The summed E-state index contributed by atoms with van der Waals surface area (Å²) in [5.41, 5.74) is 3.92. The van der Waals surface area contributed by atoms with Gasteiger partial charge in [0.05, 0.1) is 18.2 Å². The third-order valence-corrected chi connectivity index (χ3v) is 6.78. The van der Waals surface area contributed by atoms with E-state index in [1.807, 2.05) is 87.5 Å². The normalized spacial score (nSPS) is 17.5. The lowest BCUT2D eigenvalue weighted by Gasteiger charge is -2.26. The van der Waals surface area contributed by atoms with Crippen molar-refractivity contribution >= 4 is 23.1 Å². The van der Waals surface area contributed by atoms with E-state index in [0.29, 0.717) is 17.9 Å². The van der Waals surface area contributed by atoms with E-state index in [-0.39, 0.29) is 22.7 Å². The maximum atomic E-state index is 13.5. The van der Waals surface area contributed by atoms with Crippen LogP contribution < -0.4 is 9.64 Å². The Labute approximate surface area is 219 Å². The fourth-order valence-electron chi connectivity index (χ4n) is 4.76. The van der Waals surface area contributed by atoms with Crippen LogP contribution in [0.25, 0.3) is 5.76 Å². The Morgan fingerprint density at radius 3 is 2.19 bits per heavy atom. The van der Waals surface area contributed by atoms with Gasteiger partial charge in [-0.05, 0) is 65.3 Å². The minimum absolute atomic E-state index is 0.0483. The van der Waals surface area contributed by atoms with Crippen molar-refractivity contribution in [1.82, 2.24) is 0 Å². The van der Waals surface area contributed by atoms with Gasteiger partial charge in [0.2, 0.25) is 0 Å². The van der Waals surface area contributed by atoms with Gasteiger partial charge in [-0.25, -0.2) is 0 Å². The fraction of sp³-hybridized carbons (Fsp3) is 0.312. The molecule has 1 atom stereocenters. The Kier molecular flexibility index (Phi) is 7.26. The van der Waals surface area contributed by atoms with E-state index in [1.54, 1.807) is 6.07 Å².